The Balaban J connectivity index is 1.36. The number of hydrogen-bond donors (Lipinski definition) is 0. The van der Waals surface area contributed by atoms with Crippen molar-refractivity contribution < 1.29 is 14.3 Å². The van der Waals surface area contributed by atoms with Gasteiger partial charge in [0, 0.05) is 12.6 Å². The minimum absolute atomic E-state index is 0.0192. The van der Waals surface area contributed by atoms with Gasteiger partial charge < -0.3 is 14.4 Å². The van der Waals surface area contributed by atoms with Crippen LogP contribution in [0.15, 0.2) is 52.4 Å². The molecule has 5 rings (SSSR count). The van der Waals surface area contributed by atoms with Crippen LogP contribution in [0.3, 0.4) is 0 Å². The zero-order chi connectivity index (χ0) is 22.9. The van der Waals surface area contributed by atoms with Gasteiger partial charge in [0.15, 0.2) is 16.7 Å². The molecule has 2 aromatic carbocycles. The van der Waals surface area contributed by atoms with Gasteiger partial charge in [0.25, 0.3) is 5.56 Å². The molecule has 1 atom stereocenters. The Hall–Kier alpha value is -3.00. The third-order valence-electron chi connectivity index (χ3n) is 6.14. The van der Waals surface area contributed by atoms with Gasteiger partial charge in [-0.05, 0) is 56.5 Å². The first-order valence-corrected chi connectivity index (χ1v) is 12.3. The van der Waals surface area contributed by atoms with Crippen molar-refractivity contribution in [3.05, 3.63) is 58.4 Å². The molecule has 3 aromatic rings. The van der Waals surface area contributed by atoms with Crippen molar-refractivity contribution in [1.29, 1.82) is 0 Å². The van der Waals surface area contributed by atoms with Gasteiger partial charge >= 0.3 is 0 Å². The Morgan fingerprint density at radius 2 is 1.94 bits per heavy atom. The summed E-state index contributed by atoms with van der Waals surface area (Å²) in [5.74, 6) is 1.78. The fourth-order valence-corrected chi connectivity index (χ4v) is 5.59. The van der Waals surface area contributed by atoms with Crippen LogP contribution >= 0.6 is 11.8 Å². The average molecular weight is 466 g/mol. The number of ether oxygens (including phenoxy) is 2. The van der Waals surface area contributed by atoms with Crippen molar-refractivity contribution in [3.8, 4) is 11.5 Å². The number of hydrogen-bond acceptors (Lipinski definition) is 6. The molecule has 1 saturated heterocycles. The van der Waals surface area contributed by atoms with Crippen molar-refractivity contribution in [2.45, 2.75) is 43.9 Å². The number of rotatable bonds is 5. The van der Waals surface area contributed by atoms with Crippen molar-refractivity contribution in [2.75, 3.05) is 25.5 Å². The van der Waals surface area contributed by atoms with Crippen LogP contribution in [0, 0.1) is 0 Å². The van der Waals surface area contributed by atoms with E-state index in [0.717, 1.165) is 36.4 Å². The normalized spacial score (nSPS) is 17.7. The van der Waals surface area contributed by atoms with E-state index < -0.39 is 0 Å². The topological polar surface area (TPSA) is 73.7 Å². The predicted octanol–water partition coefficient (Wildman–Crippen LogP) is 4.20. The lowest BCUT2D eigenvalue weighted by atomic mass is 10.0. The molecule has 7 nitrogen and oxygen atoms in total. The smallest absolute Gasteiger partial charge is 0.262 e. The molecule has 1 aromatic heterocycles. The summed E-state index contributed by atoms with van der Waals surface area (Å²) in [5, 5.41) is 1.18. The molecule has 33 heavy (non-hydrogen) atoms. The second kappa shape index (κ2) is 9.09. The lowest BCUT2D eigenvalue weighted by molar-refractivity contribution is -0.129. The zero-order valence-corrected chi connectivity index (χ0v) is 19.6. The number of carbonyl (C=O) groups excluding carboxylic acids is 1. The summed E-state index contributed by atoms with van der Waals surface area (Å²) < 4.78 is 13.0. The van der Waals surface area contributed by atoms with E-state index in [1.807, 2.05) is 55.1 Å². The van der Waals surface area contributed by atoms with Gasteiger partial charge in [-0.3, -0.25) is 14.2 Å². The third-order valence-corrected chi connectivity index (χ3v) is 7.08. The highest BCUT2D eigenvalue weighted by atomic mass is 32.2. The fourth-order valence-electron chi connectivity index (χ4n) is 4.57. The maximum absolute atomic E-state index is 13.3. The highest BCUT2D eigenvalue weighted by Crippen LogP contribution is 2.38. The van der Waals surface area contributed by atoms with Crippen LogP contribution in [0.5, 0.6) is 11.5 Å². The van der Waals surface area contributed by atoms with Crippen LogP contribution in [-0.2, 0) is 4.79 Å². The summed E-state index contributed by atoms with van der Waals surface area (Å²) >= 11 is 1.34. The molecule has 1 unspecified atom stereocenters. The zero-order valence-electron chi connectivity index (χ0n) is 18.8. The van der Waals surface area contributed by atoms with E-state index in [0.29, 0.717) is 29.3 Å². The van der Waals surface area contributed by atoms with Crippen LogP contribution in [0.2, 0.25) is 0 Å². The lowest BCUT2D eigenvalue weighted by Gasteiger charge is -2.27. The SMILES string of the molecule is CC(C)n1c(SCC(=O)N2CCCC2c2ccc3c(c2)OCCO3)nc2ccccc2c1=O. The molecule has 0 N–H and O–H groups in total. The summed E-state index contributed by atoms with van der Waals surface area (Å²) in [6, 6.07) is 13.3. The first kappa shape index (κ1) is 21.8. The first-order chi connectivity index (χ1) is 16.0. The summed E-state index contributed by atoms with van der Waals surface area (Å²) in [5.41, 5.74) is 1.66. The number of nitrogens with zero attached hydrogens (tertiary/aromatic N) is 3. The number of thioether (sulfide) groups is 1. The molecule has 0 radical (unpaired) electrons. The first-order valence-electron chi connectivity index (χ1n) is 11.4. The Labute approximate surface area is 196 Å². The van der Waals surface area contributed by atoms with Gasteiger partial charge in [-0.1, -0.05) is 30.0 Å². The van der Waals surface area contributed by atoms with Gasteiger partial charge in [0.2, 0.25) is 5.91 Å². The summed E-state index contributed by atoms with van der Waals surface area (Å²) in [7, 11) is 0. The van der Waals surface area contributed by atoms with Gasteiger partial charge in [-0.25, -0.2) is 4.98 Å². The highest BCUT2D eigenvalue weighted by Gasteiger charge is 2.31. The van der Waals surface area contributed by atoms with Crippen molar-refractivity contribution in [3.63, 3.8) is 0 Å². The maximum Gasteiger partial charge on any atom is 0.262 e. The number of para-hydroxylation sites is 1. The molecule has 172 valence electrons. The summed E-state index contributed by atoms with van der Waals surface area (Å²) in [6.45, 7) is 5.74. The van der Waals surface area contributed by atoms with E-state index in [-0.39, 0.29) is 29.3 Å². The summed E-state index contributed by atoms with van der Waals surface area (Å²) in [6.07, 6.45) is 1.88. The fraction of sp³-hybridized carbons (Fsp3) is 0.400. The van der Waals surface area contributed by atoms with E-state index in [9.17, 15) is 9.59 Å². The largest absolute Gasteiger partial charge is 0.486 e. The Kier molecular flexibility index (Phi) is 6.01. The molecule has 8 heteroatoms. The number of amides is 1. The lowest BCUT2D eigenvalue weighted by Crippen LogP contribution is -2.32. The molecule has 0 bridgehead atoms. The van der Waals surface area contributed by atoms with Gasteiger partial charge in [0.1, 0.15) is 13.2 Å². The van der Waals surface area contributed by atoms with Crippen molar-refractivity contribution >= 4 is 28.6 Å². The van der Waals surface area contributed by atoms with E-state index >= 15 is 0 Å². The van der Waals surface area contributed by atoms with Crippen LogP contribution in [0.1, 0.15) is 44.3 Å². The minimum atomic E-state index is -0.0686. The van der Waals surface area contributed by atoms with Crippen LogP contribution in [-0.4, -0.2) is 45.9 Å². The molecule has 0 saturated carbocycles. The highest BCUT2D eigenvalue weighted by molar-refractivity contribution is 7.99. The number of aromatic nitrogens is 2. The molecule has 2 aliphatic heterocycles. The number of benzene rings is 2. The van der Waals surface area contributed by atoms with E-state index in [2.05, 4.69) is 0 Å². The molecular weight excluding hydrogens is 438 g/mol. The van der Waals surface area contributed by atoms with Gasteiger partial charge in [-0.15, -0.1) is 0 Å². The number of fused-ring (bicyclic) bond motifs is 2. The monoisotopic (exact) mass is 465 g/mol. The number of likely N-dealkylation sites (tertiary alicyclic amines) is 1. The molecule has 1 fully saturated rings. The Morgan fingerprint density at radius 3 is 2.76 bits per heavy atom. The quantitative estimate of drug-likeness (QED) is 0.415. The molecule has 0 spiro atoms. The van der Waals surface area contributed by atoms with Gasteiger partial charge in [0.05, 0.1) is 22.7 Å². The van der Waals surface area contributed by atoms with Crippen molar-refractivity contribution in [1.82, 2.24) is 14.5 Å². The average Bonchev–Trinajstić information content (AvgIpc) is 3.32. The summed E-state index contributed by atoms with van der Waals surface area (Å²) in [4.78, 5) is 32.9. The number of carbonyl (C=O) groups is 1. The minimum Gasteiger partial charge on any atom is -0.486 e. The van der Waals surface area contributed by atoms with E-state index in [4.69, 9.17) is 14.5 Å². The predicted molar refractivity (Wildman–Crippen MR) is 128 cm³/mol. The molecule has 0 aliphatic carbocycles. The van der Waals surface area contributed by atoms with Crippen LogP contribution < -0.4 is 15.0 Å². The molecule has 3 heterocycles. The third kappa shape index (κ3) is 4.19. The second-order valence-corrected chi connectivity index (χ2v) is 9.56. The molecular formula is C25H27N3O4S. The maximum atomic E-state index is 13.3. The van der Waals surface area contributed by atoms with Crippen LogP contribution in [0.25, 0.3) is 10.9 Å². The van der Waals surface area contributed by atoms with E-state index in [1.165, 1.54) is 11.8 Å². The molecule has 2 aliphatic rings. The van der Waals surface area contributed by atoms with Gasteiger partial charge in [-0.2, -0.15) is 0 Å². The van der Waals surface area contributed by atoms with E-state index in [1.54, 1.807) is 10.6 Å². The standard InChI is InChI=1S/C25H27N3O4S/c1-16(2)28-24(30)18-6-3-4-7-19(18)26-25(28)33-15-23(29)27-11-5-8-20(27)17-9-10-21-22(14-17)32-13-12-31-21/h3-4,6-7,9-10,14,16,20H,5,8,11-13,15H2,1-2H3. The second-order valence-electron chi connectivity index (χ2n) is 8.62. The Bertz CT molecular complexity index is 1260. The van der Waals surface area contributed by atoms with Crippen LogP contribution in [0.4, 0.5) is 0 Å². The van der Waals surface area contributed by atoms with Crippen molar-refractivity contribution in [2.24, 2.45) is 0 Å². The molecule has 1 amide bonds. The Morgan fingerprint density at radius 1 is 1.15 bits per heavy atom.